The summed E-state index contributed by atoms with van der Waals surface area (Å²) < 4.78 is 26.5. The molecular weight excluding hydrogens is 294 g/mol. The Kier molecular flexibility index (Phi) is 5.83. The minimum atomic E-state index is -0.698. The van der Waals surface area contributed by atoms with E-state index in [1.807, 2.05) is 0 Å². The second-order valence-electron chi connectivity index (χ2n) is 5.08. The molecule has 0 fully saturated rings. The SMILES string of the molecule is O=C(CC1CC(c2ccc(F)cc2F)=NO1)NCCCCO. The fourth-order valence-corrected chi connectivity index (χ4v) is 2.16. The lowest BCUT2D eigenvalue weighted by Crippen LogP contribution is -2.28. The van der Waals surface area contributed by atoms with Crippen LogP contribution < -0.4 is 5.32 Å². The molecule has 0 aliphatic carbocycles. The number of aliphatic hydroxyl groups is 1. The number of unbranched alkanes of at least 4 members (excludes halogenated alkanes) is 1. The highest BCUT2D eigenvalue weighted by Crippen LogP contribution is 2.21. The maximum absolute atomic E-state index is 13.7. The number of nitrogens with one attached hydrogen (secondary N) is 1. The van der Waals surface area contributed by atoms with Crippen molar-refractivity contribution in [1.29, 1.82) is 0 Å². The minimum Gasteiger partial charge on any atom is -0.396 e. The number of oxime groups is 1. The van der Waals surface area contributed by atoms with Crippen LogP contribution >= 0.6 is 0 Å². The van der Waals surface area contributed by atoms with E-state index >= 15 is 0 Å². The van der Waals surface area contributed by atoms with Crippen LogP contribution in [-0.4, -0.2) is 36.0 Å². The van der Waals surface area contributed by atoms with Crippen molar-refractivity contribution in [3.05, 3.63) is 35.4 Å². The van der Waals surface area contributed by atoms with Crippen molar-refractivity contribution in [3.8, 4) is 0 Å². The molecule has 0 bridgehead atoms. The van der Waals surface area contributed by atoms with Gasteiger partial charge in [-0.1, -0.05) is 5.16 Å². The van der Waals surface area contributed by atoms with Crippen LogP contribution in [0.15, 0.2) is 23.4 Å². The van der Waals surface area contributed by atoms with Crippen molar-refractivity contribution in [2.75, 3.05) is 13.2 Å². The van der Waals surface area contributed by atoms with E-state index in [9.17, 15) is 13.6 Å². The molecule has 0 aromatic heterocycles. The van der Waals surface area contributed by atoms with Gasteiger partial charge in [-0.15, -0.1) is 0 Å². The fourth-order valence-electron chi connectivity index (χ4n) is 2.16. The lowest BCUT2D eigenvalue weighted by molar-refractivity contribution is -0.123. The summed E-state index contributed by atoms with van der Waals surface area (Å²) >= 11 is 0. The van der Waals surface area contributed by atoms with Crippen LogP contribution in [0.4, 0.5) is 8.78 Å². The van der Waals surface area contributed by atoms with Gasteiger partial charge in [0.1, 0.15) is 17.7 Å². The number of halogens is 2. The monoisotopic (exact) mass is 312 g/mol. The van der Waals surface area contributed by atoms with E-state index in [2.05, 4.69) is 10.5 Å². The molecule has 0 saturated carbocycles. The summed E-state index contributed by atoms with van der Waals surface area (Å²) in [4.78, 5) is 16.8. The van der Waals surface area contributed by atoms with Crippen LogP contribution in [0.25, 0.3) is 0 Å². The Morgan fingerprint density at radius 1 is 1.41 bits per heavy atom. The molecule has 1 heterocycles. The zero-order valence-corrected chi connectivity index (χ0v) is 12.0. The second-order valence-corrected chi connectivity index (χ2v) is 5.08. The number of aliphatic hydroxyl groups excluding tert-OH is 1. The Bertz CT molecular complexity index is 564. The maximum atomic E-state index is 13.7. The molecule has 5 nitrogen and oxygen atoms in total. The van der Waals surface area contributed by atoms with Crippen molar-refractivity contribution in [2.45, 2.75) is 31.8 Å². The van der Waals surface area contributed by atoms with Gasteiger partial charge in [0.2, 0.25) is 5.91 Å². The highest BCUT2D eigenvalue weighted by Gasteiger charge is 2.26. The van der Waals surface area contributed by atoms with Gasteiger partial charge >= 0.3 is 0 Å². The molecular formula is C15H18F2N2O3. The summed E-state index contributed by atoms with van der Waals surface area (Å²) in [5.41, 5.74) is 0.558. The van der Waals surface area contributed by atoms with Crippen LogP contribution in [0.2, 0.25) is 0 Å². The van der Waals surface area contributed by atoms with E-state index < -0.39 is 17.7 Å². The summed E-state index contributed by atoms with van der Waals surface area (Å²) in [5.74, 6) is -1.53. The summed E-state index contributed by atoms with van der Waals surface area (Å²) in [6, 6.07) is 3.26. The van der Waals surface area contributed by atoms with Crippen molar-refractivity contribution in [1.82, 2.24) is 5.32 Å². The molecule has 1 atom stereocenters. The quantitative estimate of drug-likeness (QED) is 0.753. The smallest absolute Gasteiger partial charge is 0.223 e. The average molecular weight is 312 g/mol. The Labute approximate surface area is 127 Å². The number of nitrogens with zero attached hydrogens (tertiary/aromatic N) is 1. The Balaban J connectivity index is 1.80. The molecule has 1 unspecified atom stereocenters. The fraction of sp³-hybridized carbons (Fsp3) is 0.467. The minimum absolute atomic E-state index is 0.0992. The molecule has 2 rings (SSSR count). The van der Waals surface area contributed by atoms with Gasteiger partial charge < -0.3 is 15.3 Å². The molecule has 0 saturated heterocycles. The first-order chi connectivity index (χ1) is 10.6. The first kappa shape index (κ1) is 16.4. The van der Waals surface area contributed by atoms with Gasteiger partial charge in [-0.05, 0) is 25.0 Å². The standard InChI is InChI=1S/C15H18F2N2O3/c16-10-3-4-12(13(17)7-10)14-8-11(22-19-14)9-15(21)18-5-1-2-6-20/h3-4,7,11,20H,1-2,5-6,8-9H2,(H,18,21). The third-order valence-electron chi connectivity index (χ3n) is 3.30. The number of hydrogen-bond acceptors (Lipinski definition) is 4. The first-order valence-corrected chi connectivity index (χ1v) is 7.16. The summed E-state index contributed by atoms with van der Waals surface area (Å²) in [6.07, 6.45) is 1.31. The molecule has 0 radical (unpaired) electrons. The number of carbonyl (C=O) groups is 1. The number of benzene rings is 1. The molecule has 1 aromatic carbocycles. The third kappa shape index (κ3) is 4.49. The predicted molar refractivity (Wildman–Crippen MR) is 76.3 cm³/mol. The molecule has 22 heavy (non-hydrogen) atoms. The van der Waals surface area contributed by atoms with Gasteiger partial charge in [0.15, 0.2) is 0 Å². The van der Waals surface area contributed by atoms with E-state index in [0.29, 0.717) is 31.5 Å². The highest BCUT2D eigenvalue weighted by molar-refractivity contribution is 6.01. The highest BCUT2D eigenvalue weighted by atomic mass is 19.1. The summed E-state index contributed by atoms with van der Waals surface area (Å²) in [7, 11) is 0. The van der Waals surface area contributed by atoms with Crippen LogP contribution in [0.3, 0.4) is 0 Å². The number of carbonyl (C=O) groups excluding carboxylic acids is 1. The molecule has 2 N–H and O–H groups in total. The maximum Gasteiger partial charge on any atom is 0.223 e. The normalized spacial score (nSPS) is 17.0. The molecule has 1 amide bonds. The topological polar surface area (TPSA) is 70.9 Å². The lowest BCUT2D eigenvalue weighted by Gasteiger charge is -2.08. The van der Waals surface area contributed by atoms with Crippen LogP contribution in [0.1, 0.15) is 31.2 Å². The van der Waals surface area contributed by atoms with Gasteiger partial charge in [-0.3, -0.25) is 4.79 Å². The first-order valence-electron chi connectivity index (χ1n) is 7.16. The molecule has 0 spiro atoms. The molecule has 1 aliphatic rings. The molecule has 120 valence electrons. The van der Waals surface area contributed by atoms with E-state index in [-0.39, 0.29) is 24.5 Å². The summed E-state index contributed by atoms with van der Waals surface area (Å²) in [5, 5.41) is 15.1. The van der Waals surface area contributed by atoms with Crippen LogP contribution in [0, 0.1) is 11.6 Å². The van der Waals surface area contributed by atoms with Gasteiger partial charge in [0.05, 0.1) is 12.1 Å². The van der Waals surface area contributed by atoms with E-state index in [4.69, 9.17) is 9.94 Å². The van der Waals surface area contributed by atoms with Crippen LogP contribution in [-0.2, 0) is 9.63 Å². The second kappa shape index (κ2) is 7.84. The Hall–Kier alpha value is -2.02. The van der Waals surface area contributed by atoms with Gasteiger partial charge in [-0.25, -0.2) is 8.78 Å². The average Bonchev–Trinajstić information content (AvgIpc) is 2.92. The Morgan fingerprint density at radius 3 is 2.95 bits per heavy atom. The van der Waals surface area contributed by atoms with Gasteiger partial charge in [-0.2, -0.15) is 0 Å². The van der Waals surface area contributed by atoms with Gasteiger partial charge in [0.25, 0.3) is 0 Å². The number of rotatable bonds is 7. The number of amides is 1. The van der Waals surface area contributed by atoms with Crippen molar-refractivity contribution < 1.29 is 23.5 Å². The van der Waals surface area contributed by atoms with E-state index in [1.165, 1.54) is 6.07 Å². The summed E-state index contributed by atoms with van der Waals surface area (Å²) in [6.45, 7) is 0.592. The zero-order valence-electron chi connectivity index (χ0n) is 12.0. The molecule has 1 aromatic rings. The van der Waals surface area contributed by atoms with Gasteiger partial charge in [0, 0.05) is 31.2 Å². The van der Waals surface area contributed by atoms with E-state index in [0.717, 1.165) is 12.1 Å². The van der Waals surface area contributed by atoms with E-state index in [1.54, 1.807) is 0 Å². The lowest BCUT2D eigenvalue weighted by atomic mass is 10.0. The molecule has 1 aliphatic heterocycles. The number of hydrogen-bond donors (Lipinski definition) is 2. The zero-order chi connectivity index (χ0) is 15.9. The van der Waals surface area contributed by atoms with Crippen molar-refractivity contribution in [2.24, 2.45) is 5.16 Å². The molecule has 7 heteroatoms. The van der Waals surface area contributed by atoms with Crippen molar-refractivity contribution >= 4 is 11.6 Å². The Morgan fingerprint density at radius 2 is 2.23 bits per heavy atom. The largest absolute Gasteiger partial charge is 0.396 e. The van der Waals surface area contributed by atoms with Crippen molar-refractivity contribution in [3.63, 3.8) is 0 Å². The van der Waals surface area contributed by atoms with Crippen LogP contribution in [0.5, 0.6) is 0 Å². The third-order valence-corrected chi connectivity index (χ3v) is 3.30. The predicted octanol–water partition coefficient (Wildman–Crippen LogP) is 1.74.